The lowest BCUT2D eigenvalue weighted by atomic mass is 9.85. The van der Waals surface area contributed by atoms with Crippen LogP contribution in [-0.4, -0.2) is 53.7 Å². The van der Waals surface area contributed by atoms with Gasteiger partial charge in [-0.3, -0.25) is 4.79 Å². The molecule has 32 heavy (non-hydrogen) atoms. The van der Waals surface area contributed by atoms with E-state index in [4.69, 9.17) is 20.9 Å². The van der Waals surface area contributed by atoms with Gasteiger partial charge in [0.2, 0.25) is 11.7 Å². The molecule has 1 aliphatic heterocycles. The van der Waals surface area contributed by atoms with Gasteiger partial charge >= 0.3 is 0 Å². The first kappa shape index (κ1) is 20.8. The van der Waals surface area contributed by atoms with Crippen LogP contribution in [0.5, 0.6) is 5.75 Å². The van der Waals surface area contributed by atoms with Crippen LogP contribution in [0.2, 0.25) is 5.02 Å². The van der Waals surface area contributed by atoms with Gasteiger partial charge in [0.25, 0.3) is 5.91 Å². The van der Waals surface area contributed by atoms with Gasteiger partial charge in [-0.2, -0.15) is 4.98 Å². The van der Waals surface area contributed by atoms with Crippen molar-refractivity contribution >= 4 is 23.2 Å². The van der Waals surface area contributed by atoms with Crippen LogP contribution in [0, 0.1) is 0 Å². The maximum Gasteiger partial charge on any atom is 0.260 e. The van der Waals surface area contributed by atoms with Gasteiger partial charge in [-0.05, 0) is 61.4 Å². The van der Waals surface area contributed by atoms with Crippen LogP contribution in [0.15, 0.2) is 53.1 Å². The van der Waals surface area contributed by atoms with E-state index in [0.29, 0.717) is 35.6 Å². The Labute approximate surface area is 191 Å². The summed E-state index contributed by atoms with van der Waals surface area (Å²) in [4.78, 5) is 21.2. The third kappa shape index (κ3) is 4.58. The average molecular weight is 453 g/mol. The Balaban J connectivity index is 1.12. The Morgan fingerprint density at radius 3 is 2.41 bits per heavy atom. The zero-order chi connectivity index (χ0) is 21.9. The van der Waals surface area contributed by atoms with Gasteiger partial charge < -0.3 is 19.1 Å². The van der Waals surface area contributed by atoms with Crippen molar-refractivity contribution in [1.82, 2.24) is 15.0 Å². The third-order valence-corrected chi connectivity index (χ3v) is 6.45. The van der Waals surface area contributed by atoms with Crippen LogP contribution in [0.1, 0.15) is 31.1 Å². The van der Waals surface area contributed by atoms with E-state index in [2.05, 4.69) is 27.2 Å². The number of halogens is 1. The van der Waals surface area contributed by atoms with E-state index < -0.39 is 0 Å². The van der Waals surface area contributed by atoms with Crippen LogP contribution in [-0.2, 0) is 4.79 Å². The molecule has 0 bridgehead atoms. The number of ether oxygens (including phenoxy) is 1. The van der Waals surface area contributed by atoms with E-state index in [-0.39, 0.29) is 12.5 Å². The number of hydrogen-bond donors (Lipinski definition) is 0. The molecule has 2 aliphatic rings. The molecule has 1 aliphatic carbocycles. The van der Waals surface area contributed by atoms with E-state index in [1.807, 2.05) is 17.0 Å². The largest absolute Gasteiger partial charge is 0.484 e. The highest BCUT2D eigenvalue weighted by Crippen LogP contribution is 2.36. The Kier molecular flexibility index (Phi) is 5.99. The number of nitrogens with zero attached hydrogens (tertiary/aromatic N) is 4. The molecule has 2 fully saturated rings. The molecule has 0 unspecified atom stereocenters. The average Bonchev–Trinajstić information content (AvgIpc) is 3.27. The molecule has 2 heterocycles. The van der Waals surface area contributed by atoms with Gasteiger partial charge in [-0.15, -0.1) is 0 Å². The second kappa shape index (κ2) is 9.20. The number of aromatic nitrogens is 2. The van der Waals surface area contributed by atoms with Crippen LogP contribution >= 0.6 is 11.6 Å². The summed E-state index contributed by atoms with van der Waals surface area (Å²) in [5.74, 6) is 2.48. The smallest absolute Gasteiger partial charge is 0.260 e. The summed E-state index contributed by atoms with van der Waals surface area (Å²) in [6.07, 6.45) is 3.52. The third-order valence-electron chi connectivity index (χ3n) is 6.20. The Morgan fingerprint density at radius 2 is 1.75 bits per heavy atom. The molecule has 3 aromatic rings. The predicted octanol–water partition coefficient (Wildman–Crippen LogP) is 4.39. The topological polar surface area (TPSA) is 71.7 Å². The van der Waals surface area contributed by atoms with Gasteiger partial charge in [-0.1, -0.05) is 23.2 Å². The highest BCUT2D eigenvalue weighted by atomic mass is 35.5. The normalized spacial score (nSPS) is 16.7. The fourth-order valence-electron chi connectivity index (χ4n) is 3.98. The van der Waals surface area contributed by atoms with Gasteiger partial charge in [0.05, 0.1) is 0 Å². The van der Waals surface area contributed by atoms with Crippen molar-refractivity contribution in [1.29, 1.82) is 0 Å². The fourth-order valence-corrected chi connectivity index (χ4v) is 4.10. The summed E-state index contributed by atoms with van der Waals surface area (Å²) in [5.41, 5.74) is 2.08. The number of anilines is 1. The molecular formula is C24H25ClN4O3. The van der Waals surface area contributed by atoms with E-state index in [9.17, 15) is 4.79 Å². The SMILES string of the molecule is O=C(COc1ccc(Cl)cc1)N1CCN(c2ccc(-c3noc(C4CCC4)n3)cc2)CC1. The second-order valence-electron chi connectivity index (χ2n) is 8.24. The zero-order valence-electron chi connectivity index (χ0n) is 17.7. The van der Waals surface area contributed by atoms with Crippen molar-refractivity contribution in [3.05, 3.63) is 59.4 Å². The molecule has 5 rings (SSSR count). The Morgan fingerprint density at radius 1 is 1.03 bits per heavy atom. The molecule has 0 N–H and O–H groups in total. The number of amides is 1. The molecule has 1 saturated carbocycles. The zero-order valence-corrected chi connectivity index (χ0v) is 18.5. The lowest BCUT2D eigenvalue weighted by Crippen LogP contribution is -2.50. The van der Waals surface area contributed by atoms with E-state index >= 15 is 0 Å². The molecule has 2 aromatic carbocycles. The lowest BCUT2D eigenvalue weighted by molar-refractivity contribution is -0.133. The predicted molar refractivity (Wildman–Crippen MR) is 122 cm³/mol. The molecule has 0 radical (unpaired) electrons. The van der Waals surface area contributed by atoms with Crippen molar-refractivity contribution in [2.45, 2.75) is 25.2 Å². The summed E-state index contributed by atoms with van der Waals surface area (Å²) in [7, 11) is 0. The van der Waals surface area contributed by atoms with Crippen molar-refractivity contribution in [3.8, 4) is 17.1 Å². The number of piperazine rings is 1. The molecule has 8 heteroatoms. The Bertz CT molecular complexity index is 1060. The minimum absolute atomic E-state index is 0.00526. The molecule has 0 spiro atoms. The standard InChI is InChI=1S/C24H25ClN4O3/c25-19-6-10-21(11-7-19)31-16-22(30)29-14-12-28(13-15-29)20-8-4-17(5-9-20)23-26-24(32-27-23)18-2-1-3-18/h4-11,18H,1-3,12-16H2. The first-order chi connectivity index (χ1) is 15.7. The molecule has 1 amide bonds. The van der Waals surface area contributed by atoms with E-state index in [1.54, 1.807) is 24.3 Å². The van der Waals surface area contributed by atoms with Crippen molar-refractivity contribution in [2.75, 3.05) is 37.7 Å². The van der Waals surface area contributed by atoms with Crippen molar-refractivity contribution in [2.24, 2.45) is 0 Å². The number of rotatable bonds is 6. The van der Waals surface area contributed by atoms with Gasteiger partial charge in [0.1, 0.15) is 5.75 Å². The first-order valence-electron chi connectivity index (χ1n) is 11.0. The highest BCUT2D eigenvalue weighted by molar-refractivity contribution is 6.30. The van der Waals surface area contributed by atoms with Crippen molar-refractivity contribution in [3.63, 3.8) is 0 Å². The maximum absolute atomic E-state index is 12.5. The van der Waals surface area contributed by atoms with Crippen LogP contribution < -0.4 is 9.64 Å². The summed E-state index contributed by atoms with van der Waals surface area (Å²) in [6, 6.07) is 15.2. The lowest BCUT2D eigenvalue weighted by Gasteiger charge is -2.36. The fraction of sp³-hybridized carbons (Fsp3) is 0.375. The van der Waals surface area contributed by atoms with Crippen LogP contribution in [0.3, 0.4) is 0 Å². The number of hydrogen-bond acceptors (Lipinski definition) is 6. The van der Waals surface area contributed by atoms with E-state index in [1.165, 1.54) is 6.42 Å². The molecule has 0 atom stereocenters. The van der Waals surface area contributed by atoms with Crippen LogP contribution in [0.4, 0.5) is 5.69 Å². The highest BCUT2D eigenvalue weighted by Gasteiger charge is 2.26. The number of carbonyl (C=O) groups excluding carboxylic acids is 1. The first-order valence-corrected chi connectivity index (χ1v) is 11.4. The number of benzene rings is 2. The van der Waals surface area contributed by atoms with E-state index in [0.717, 1.165) is 43.1 Å². The van der Waals surface area contributed by atoms with Crippen molar-refractivity contribution < 1.29 is 14.1 Å². The summed E-state index contributed by atoms with van der Waals surface area (Å²) >= 11 is 5.87. The summed E-state index contributed by atoms with van der Waals surface area (Å²) < 4.78 is 11.0. The minimum Gasteiger partial charge on any atom is -0.484 e. The molecule has 1 saturated heterocycles. The molecule has 166 valence electrons. The minimum atomic E-state index is -0.00526. The quantitative estimate of drug-likeness (QED) is 0.552. The van der Waals surface area contributed by atoms with Crippen LogP contribution in [0.25, 0.3) is 11.4 Å². The maximum atomic E-state index is 12.5. The molecule has 1 aromatic heterocycles. The molecular weight excluding hydrogens is 428 g/mol. The second-order valence-corrected chi connectivity index (χ2v) is 8.68. The van der Waals surface area contributed by atoms with Gasteiger partial charge in [0.15, 0.2) is 6.61 Å². The summed E-state index contributed by atoms with van der Waals surface area (Å²) in [6.45, 7) is 2.92. The van der Waals surface area contributed by atoms with Gasteiger partial charge in [-0.25, -0.2) is 0 Å². The monoisotopic (exact) mass is 452 g/mol. The van der Waals surface area contributed by atoms with Gasteiger partial charge in [0, 0.05) is 48.4 Å². The summed E-state index contributed by atoms with van der Waals surface area (Å²) in [5, 5.41) is 4.78. The molecule has 7 nitrogen and oxygen atoms in total. The number of carbonyl (C=O) groups is 1. The Hall–Kier alpha value is -3.06.